The van der Waals surface area contributed by atoms with Crippen molar-refractivity contribution in [3.63, 3.8) is 0 Å². The molecule has 1 N–H and O–H groups in total. The molecule has 6 nitrogen and oxygen atoms in total. The molecule has 1 fully saturated rings. The smallest absolute Gasteiger partial charge is 0.368 e. The van der Waals surface area contributed by atoms with Gasteiger partial charge in [-0.15, -0.1) is 10.2 Å². The molecule has 12 heteroatoms. The lowest BCUT2D eigenvalue weighted by atomic mass is 10.1. The molecule has 0 radical (unpaired) electrons. The molecule has 0 bridgehead atoms. The van der Waals surface area contributed by atoms with E-state index >= 15 is 0 Å². The Bertz CT molecular complexity index is 1100. The number of carbonyl (C=O) groups is 1. The zero-order valence-corrected chi connectivity index (χ0v) is 18.8. The number of nitrogens with one attached hydrogen (secondary N) is 1. The predicted molar refractivity (Wildman–Crippen MR) is 122 cm³/mol. The van der Waals surface area contributed by atoms with E-state index in [9.17, 15) is 22.4 Å². The highest BCUT2D eigenvalue weighted by Crippen LogP contribution is 2.35. The van der Waals surface area contributed by atoms with Gasteiger partial charge < -0.3 is 15.1 Å². The minimum atomic E-state index is -4.55. The number of para-hydroxylation sites is 1. The number of hydrogen-bond donors (Lipinski definition) is 1. The van der Waals surface area contributed by atoms with Gasteiger partial charge in [-0.05, 0) is 36.4 Å². The van der Waals surface area contributed by atoms with Gasteiger partial charge in [0.25, 0.3) is 0 Å². The lowest BCUT2D eigenvalue weighted by molar-refractivity contribution is -0.137. The van der Waals surface area contributed by atoms with Gasteiger partial charge in [-0.1, -0.05) is 35.2 Å². The Morgan fingerprint density at radius 1 is 1.00 bits per heavy atom. The zero-order valence-electron chi connectivity index (χ0n) is 17.2. The van der Waals surface area contributed by atoms with Crippen LogP contribution in [0.5, 0.6) is 0 Å². The number of carbonyl (C=O) groups excluding carboxylic acids is 1. The van der Waals surface area contributed by atoms with Crippen LogP contribution in [0.2, 0.25) is 0 Å². The monoisotopic (exact) mass is 497 g/mol. The summed E-state index contributed by atoms with van der Waals surface area (Å²) in [7, 11) is 0. The molecule has 0 aliphatic carbocycles. The maximum Gasteiger partial charge on any atom is 0.418 e. The summed E-state index contributed by atoms with van der Waals surface area (Å²) in [6.45, 7) is 2.92. The molecule has 0 atom stereocenters. The summed E-state index contributed by atoms with van der Waals surface area (Å²) in [4.78, 5) is 16.4. The minimum Gasteiger partial charge on any atom is -0.368 e. The fourth-order valence-electron chi connectivity index (χ4n) is 3.35. The highest BCUT2D eigenvalue weighted by Gasteiger charge is 2.33. The summed E-state index contributed by atoms with van der Waals surface area (Å²) in [6.07, 6.45) is -4.55. The second kappa shape index (κ2) is 9.96. The number of hydrogen-bond acceptors (Lipinski definition) is 7. The molecule has 1 aliphatic heterocycles. The standard InChI is InChI=1S/C21H19F4N5OS2/c22-14-5-7-15(8-6-14)29-9-11-30(12-10-29)19-27-28-20(33-19)32-13-18(31)26-17-4-2-1-3-16(17)21(23,24)25/h1-8H,9-13H2,(H,26,31). The van der Waals surface area contributed by atoms with E-state index in [0.717, 1.165) is 41.7 Å². The van der Waals surface area contributed by atoms with E-state index in [-0.39, 0.29) is 17.3 Å². The third kappa shape index (κ3) is 5.93. The molecule has 0 unspecified atom stereocenters. The molecular formula is C21H19F4N5OS2. The van der Waals surface area contributed by atoms with Crippen molar-refractivity contribution in [3.05, 3.63) is 59.9 Å². The number of halogens is 4. The van der Waals surface area contributed by atoms with Gasteiger partial charge in [0.1, 0.15) is 5.82 Å². The molecule has 1 aliphatic rings. The third-order valence-corrected chi connectivity index (χ3v) is 7.09. The highest BCUT2D eigenvalue weighted by atomic mass is 32.2. The largest absolute Gasteiger partial charge is 0.418 e. The molecule has 2 heterocycles. The number of nitrogens with zero attached hydrogens (tertiary/aromatic N) is 4. The molecule has 0 spiro atoms. The molecule has 0 saturated carbocycles. The van der Waals surface area contributed by atoms with Gasteiger partial charge in [0.2, 0.25) is 11.0 Å². The first-order chi connectivity index (χ1) is 15.8. The lowest BCUT2D eigenvalue weighted by Gasteiger charge is -2.35. The van der Waals surface area contributed by atoms with Gasteiger partial charge in [-0.25, -0.2) is 4.39 Å². The summed E-state index contributed by atoms with van der Waals surface area (Å²) in [5.74, 6) is -0.907. The number of benzene rings is 2. The van der Waals surface area contributed by atoms with Crippen LogP contribution in [0.15, 0.2) is 52.9 Å². The molecular weight excluding hydrogens is 478 g/mol. The number of alkyl halides is 3. The van der Waals surface area contributed by atoms with Gasteiger partial charge in [0, 0.05) is 31.9 Å². The summed E-state index contributed by atoms with van der Waals surface area (Å²) in [6, 6.07) is 11.2. The molecule has 1 amide bonds. The van der Waals surface area contributed by atoms with E-state index in [0.29, 0.717) is 17.4 Å². The van der Waals surface area contributed by atoms with Crippen molar-refractivity contribution in [2.75, 3.05) is 47.0 Å². The van der Waals surface area contributed by atoms with E-state index in [1.165, 1.54) is 41.7 Å². The van der Waals surface area contributed by atoms with E-state index in [1.54, 1.807) is 12.1 Å². The van der Waals surface area contributed by atoms with Crippen LogP contribution in [0.4, 0.5) is 34.1 Å². The van der Waals surface area contributed by atoms with Gasteiger partial charge >= 0.3 is 6.18 Å². The van der Waals surface area contributed by atoms with Crippen molar-refractivity contribution in [1.29, 1.82) is 0 Å². The summed E-state index contributed by atoms with van der Waals surface area (Å²) < 4.78 is 52.9. The first-order valence-electron chi connectivity index (χ1n) is 9.97. The average molecular weight is 498 g/mol. The van der Waals surface area contributed by atoms with Crippen LogP contribution in [0.1, 0.15) is 5.56 Å². The molecule has 3 aromatic rings. The Morgan fingerprint density at radius 3 is 2.36 bits per heavy atom. The number of thioether (sulfide) groups is 1. The molecule has 174 valence electrons. The predicted octanol–water partition coefficient (Wildman–Crippen LogP) is 4.75. The number of anilines is 3. The van der Waals surface area contributed by atoms with Crippen LogP contribution in [0.25, 0.3) is 0 Å². The minimum absolute atomic E-state index is 0.0842. The van der Waals surface area contributed by atoms with Gasteiger partial charge in [0.15, 0.2) is 4.34 Å². The molecule has 2 aromatic carbocycles. The second-order valence-corrected chi connectivity index (χ2v) is 9.36. The van der Waals surface area contributed by atoms with Crippen molar-refractivity contribution in [3.8, 4) is 0 Å². The first kappa shape index (κ1) is 23.3. The number of amides is 1. The Balaban J connectivity index is 1.28. The van der Waals surface area contributed by atoms with Crippen LogP contribution < -0.4 is 15.1 Å². The van der Waals surface area contributed by atoms with Crippen LogP contribution in [-0.2, 0) is 11.0 Å². The fraction of sp³-hybridized carbons (Fsp3) is 0.286. The zero-order chi connectivity index (χ0) is 23.4. The number of piperazine rings is 1. The van der Waals surface area contributed by atoms with Crippen LogP contribution in [0, 0.1) is 5.82 Å². The van der Waals surface area contributed by atoms with Crippen LogP contribution in [-0.4, -0.2) is 48.0 Å². The third-order valence-electron chi connectivity index (χ3n) is 4.97. The van der Waals surface area contributed by atoms with Crippen molar-refractivity contribution < 1.29 is 22.4 Å². The van der Waals surface area contributed by atoms with E-state index in [1.807, 2.05) is 0 Å². The van der Waals surface area contributed by atoms with Crippen molar-refractivity contribution in [2.45, 2.75) is 10.5 Å². The molecule has 1 aromatic heterocycles. The van der Waals surface area contributed by atoms with Crippen LogP contribution >= 0.6 is 23.1 Å². The quantitative estimate of drug-likeness (QED) is 0.392. The maximum absolute atomic E-state index is 13.1. The van der Waals surface area contributed by atoms with Gasteiger partial charge in [0.05, 0.1) is 17.0 Å². The Hall–Kier alpha value is -2.86. The molecule has 1 saturated heterocycles. The van der Waals surface area contributed by atoms with Gasteiger partial charge in [-0.3, -0.25) is 4.79 Å². The Morgan fingerprint density at radius 2 is 1.67 bits per heavy atom. The van der Waals surface area contributed by atoms with E-state index in [4.69, 9.17) is 0 Å². The van der Waals surface area contributed by atoms with E-state index < -0.39 is 17.6 Å². The van der Waals surface area contributed by atoms with Crippen molar-refractivity contribution >= 4 is 45.5 Å². The normalized spacial score (nSPS) is 14.4. The summed E-state index contributed by atoms with van der Waals surface area (Å²) in [5, 5.41) is 11.3. The topological polar surface area (TPSA) is 61.4 Å². The number of rotatable bonds is 6. The Labute approximate surface area is 195 Å². The number of aromatic nitrogens is 2. The van der Waals surface area contributed by atoms with Crippen molar-refractivity contribution in [2.24, 2.45) is 0 Å². The average Bonchev–Trinajstić information content (AvgIpc) is 3.27. The van der Waals surface area contributed by atoms with Gasteiger partial charge in [-0.2, -0.15) is 13.2 Å². The van der Waals surface area contributed by atoms with Crippen molar-refractivity contribution in [1.82, 2.24) is 10.2 Å². The Kier molecular flexibility index (Phi) is 7.03. The second-order valence-electron chi connectivity index (χ2n) is 7.18. The molecule has 33 heavy (non-hydrogen) atoms. The SMILES string of the molecule is O=C(CSc1nnc(N2CCN(c3ccc(F)cc3)CC2)s1)Nc1ccccc1C(F)(F)F. The maximum atomic E-state index is 13.1. The lowest BCUT2D eigenvalue weighted by Crippen LogP contribution is -2.46. The van der Waals surface area contributed by atoms with Crippen LogP contribution in [0.3, 0.4) is 0 Å². The van der Waals surface area contributed by atoms with E-state index in [2.05, 4.69) is 25.3 Å². The fourth-order valence-corrected chi connectivity index (χ4v) is 5.04. The first-order valence-corrected chi connectivity index (χ1v) is 11.8. The summed E-state index contributed by atoms with van der Waals surface area (Å²) in [5.41, 5.74) is -0.198. The molecule has 4 rings (SSSR count). The summed E-state index contributed by atoms with van der Waals surface area (Å²) >= 11 is 2.46. The highest BCUT2D eigenvalue weighted by molar-refractivity contribution is 8.01.